The van der Waals surface area contributed by atoms with Gasteiger partial charge in [-0.05, 0) is 18.1 Å². The molecule has 1 unspecified atom stereocenters. The number of hydrogen-bond donors (Lipinski definition) is 2. The fourth-order valence-corrected chi connectivity index (χ4v) is 1.98. The van der Waals surface area contributed by atoms with Crippen molar-refractivity contribution in [2.75, 3.05) is 26.3 Å². The van der Waals surface area contributed by atoms with E-state index in [-0.39, 0.29) is 6.61 Å². The molecule has 15 heavy (non-hydrogen) atoms. The van der Waals surface area contributed by atoms with E-state index in [4.69, 9.17) is 9.84 Å². The molecule has 0 aromatic heterocycles. The smallest absolute Gasteiger partial charge is 0.122 e. The number of nitrogens with one attached hydrogen (secondary N) is 1. The Bertz CT molecular complexity index is 314. The van der Waals surface area contributed by atoms with Crippen molar-refractivity contribution in [2.45, 2.75) is 12.3 Å². The van der Waals surface area contributed by atoms with Crippen LogP contribution in [0.2, 0.25) is 0 Å². The maximum Gasteiger partial charge on any atom is 0.122 e. The second-order valence-corrected chi connectivity index (χ2v) is 3.80. The zero-order valence-corrected chi connectivity index (χ0v) is 8.78. The Kier molecular flexibility index (Phi) is 3.59. The van der Waals surface area contributed by atoms with Crippen LogP contribution in [0.3, 0.4) is 0 Å². The van der Waals surface area contributed by atoms with Gasteiger partial charge < -0.3 is 15.2 Å². The molecule has 2 rings (SSSR count). The van der Waals surface area contributed by atoms with Crippen molar-refractivity contribution in [3.63, 3.8) is 0 Å². The fraction of sp³-hybridized carbons (Fsp3) is 0.500. The highest BCUT2D eigenvalue weighted by Crippen LogP contribution is 2.32. The summed E-state index contributed by atoms with van der Waals surface area (Å²) in [5, 5.41) is 11.9. The van der Waals surface area contributed by atoms with E-state index in [1.165, 1.54) is 5.56 Å². The lowest BCUT2D eigenvalue weighted by Gasteiger charge is -2.25. The van der Waals surface area contributed by atoms with Gasteiger partial charge in [-0.1, -0.05) is 18.2 Å². The summed E-state index contributed by atoms with van der Waals surface area (Å²) in [5.74, 6) is 1.53. The molecule has 0 fully saturated rings. The van der Waals surface area contributed by atoms with Crippen molar-refractivity contribution in [2.24, 2.45) is 0 Å². The van der Waals surface area contributed by atoms with E-state index >= 15 is 0 Å². The molecule has 0 saturated carbocycles. The Balaban J connectivity index is 2.02. The largest absolute Gasteiger partial charge is 0.493 e. The van der Waals surface area contributed by atoms with E-state index in [9.17, 15) is 0 Å². The van der Waals surface area contributed by atoms with Crippen LogP contribution in [0.25, 0.3) is 0 Å². The minimum Gasteiger partial charge on any atom is -0.493 e. The average molecular weight is 207 g/mol. The van der Waals surface area contributed by atoms with Crippen molar-refractivity contribution in [3.8, 4) is 5.75 Å². The van der Waals surface area contributed by atoms with E-state index in [1.807, 2.05) is 18.2 Å². The van der Waals surface area contributed by atoms with E-state index in [2.05, 4.69) is 11.4 Å². The molecular formula is C12H17NO2. The van der Waals surface area contributed by atoms with Gasteiger partial charge in [-0.15, -0.1) is 0 Å². The normalized spacial score (nSPS) is 19.4. The van der Waals surface area contributed by atoms with Crippen LogP contribution in [0.1, 0.15) is 17.9 Å². The van der Waals surface area contributed by atoms with E-state index in [0.29, 0.717) is 12.5 Å². The van der Waals surface area contributed by atoms with Crippen LogP contribution >= 0.6 is 0 Å². The van der Waals surface area contributed by atoms with Gasteiger partial charge in [0.2, 0.25) is 0 Å². The molecule has 1 aromatic carbocycles. The second-order valence-electron chi connectivity index (χ2n) is 3.80. The molecule has 0 aliphatic carbocycles. The summed E-state index contributed by atoms with van der Waals surface area (Å²) in [5.41, 5.74) is 1.29. The van der Waals surface area contributed by atoms with E-state index < -0.39 is 0 Å². The summed E-state index contributed by atoms with van der Waals surface area (Å²) in [7, 11) is 0. The van der Waals surface area contributed by atoms with Crippen LogP contribution in [0.15, 0.2) is 24.3 Å². The molecule has 82 valence electrons. The quantitative estimate of drug-likeness (QED) is 0.727. The molecular weight excluding hydrogens is 190 g/mol. The van der Waals surface area contributed by atoms with Crippen LogP contribution in [0, 0.1) is 0 Å². The third-order valence-corrected chi connectivity index (χ3v) is 2.76. The first kappa shape index (κ1) is 10.5. The molecule has 0 amide bonds. The Morgan fingerprint density at radius 3 is 3.13 bits per heavy atom. The number of aliphatic hydroxyl groups is 1. The van der Waals surface area contributed by atoms with Crippen LogP contribution in [-0.4, -0.2) is 31.4 Å². The summed E-state index contributed by atoms with van der Waals surface area (Å²) in [6, 6.07) is 8.20. The maximum atomic E-state index is 8.70. The number of para-hydroxylation sites is 1. The second kappa shape index (κ2) is 5.14. The van der Waals surface area contributed by atoms with Gasteiger partial charge in [0.25, 0.3) is 0 Å². The molecule has 1 aromatic rings. The highest BCUT2D eigenvalue weighted by Gasteiger charge is 2.19. The zero-order valence-electron chi connectivity index (χ0n) is 8.78. The van der Waals surface area contributed by atoms with Gasteiger partial charge in [-0.25, -0.2) is 0 Å². The molecule has 0 saturated heterocycles. The van der Waals surface area contributed by atoms with Crippen molar-refractivity contribution in [3.05, 3.63) is 29.8 Å². The highest BCUT2D eigenvalue weighted by molar-refractivity contribution is 5.37. The predicted molar refractivity (Wildman–Crippen MR) is 59.3 cm³/mol. The third kappa shape index (κ3) is 2.49. The number of aliphatic hydroxyl groups excluding tert-OH is 1. The lowest BCUT2D eigenvalue weighted by molar-refractivity contribution is 0.258. The van der Waals surface area contributed by atoms with Gasteiger partial charge >= 0.3 is 0 Å². The van der Waals surface area contributed by atoms with Gasteiger partial charge in [0.15, 0.2) is 0 Å². The maximum absolute atomic E-state index is 8.70. The summed E-state index contributed by atoms with van der Waals surface area (Å²) < 4.78 is 5.58. The molecule has 3 nitrogen and oxygen atoms in total. The van der Waals surface area contributed by atoms with Crippen LogP contribution in [0.5, 0.6) is 5.75 Å². The third-order valence-electron chi connectivity index (χ3n) is 2.76. The number of hydrogen-bond acceptors (Lipinski definition) is 3. The average Bonchev–Trinajstić information content (AvgIpc) is 2.30. The van der Waals surface area contributed by atoms with Crippen LogP contribution in [-0.2, 0) is 0 Å². The Morgan fingerprint density at radius 1 is 1.40 bits per heavy atom. The summed E-state index contributed by atoms with van der Waals surface area (Å²) >= 11 is 0. The molecule has 2 N–H and O–H groups in total. The van der Waals surface area contributed by atoms with Gasteiger partial charge in [-0.3, -0.25) is 0 Å². The molecule has 3 heteroatoms. The van der Waals surface area contributed by atoms with E-state index in [0.717, 1.165) is 25.3 Å². The van der Waals surface area contributed by atoms with Crippen molar-refractivity contribution >= 4 is 0 Å². The molecule has 0 spiro atoms. The molecule has 0 bridgehead atoms. The lowest BCUT2D eigenvalue weighted by atomic mass is 9.93. The minimum atomic E-state index is 0.199. The number of rotatable bonds is 4. The Labute approximate surface area is 90.1 Å². The standard InChI is InChI=1S/C12H17NO2/c14-7-6-13-9-10-5-8-15-12-4-2-1-3-11(10)12/h1-4,10,13-14H,5-9H2. The fourth-order valence-electron chi connectivity index (χ4n) is 1.98. The number of ether oxygens (including phenoxy) is 1. The highest BCUT2D eigenvalue weighted by atomic mass is 16.5. The lowest BCUT2D eigenvalue weighted by Crippen LogP contribution is -2.27. The van der Waals surface area contributed by atoms with Gasteiger partial charge in [0.05, 0.1) is 13.2 Å². The van der Waals surface area contributed by atoms with E-state index in [1.54, 1.807) is 0 Å². The van der Waals surface area contributed by atoms with Gasteiger partial charge in [-0.2, -0.15) is 0 Å². The summed E-state index contributed by atoms with van der Waals surface area (Å²) in [6.07, 6.45) is 1.05. The first-order valence-corrected chi connectivity index (χ1v) is 5.45. The van der Waals surface area contributed by atoms with Crippen molar-refractivity contribution < 1.29 is 9.84 Å². The Hall–Kier alpha value is -1.06. The zero-order chi connectivity index (χ0) is 10.5. The topological polar surface area (TPSA) is 41.5 Å². The molecule has 1 aliphatic rings. The van der Waals surface area contributed by atoms with Crippen molar-refractivity contribution in [1.29, 1.82) is 0 Å². The summed E-state index contributed by atoms with van der Waals surface area (Å²) in [6.45, 7) is 2.58. The number of benzene rings is 1. The monoisotopic (exact) mass is 207 g/mol. The molecule has 0 radical (unpaired) electrons. The first-order chi connectivity index (χ1) is 7.42. The van der Waals surface area contributed by atoms with Crippen LogP contribution < -0.4 is 10.1 Å². The Morgan fingerprint density at radius 2 is 2.27 bits per heavy atom. The van der Waals surface area contributed by atoms with Crippen LogP contribution in [0.4, 0.5) is 0 Å². The number of fused-ring (bicyclic) bond motifs is 1. The van der Waals surface area contributed by atoms with Gasteiger partial charge in [0, 0.05) is 19.0 Å². The summed E-state index contributed by atoms with van der Waals surface area (Å²) in [4.78, 5) is 0. The molecule has 1 atom stereocenters. The van der Waals surface area contributed by atoms with Gasteiger partial charge in [0.1, 0.15) is 5.75 Å². The SMILES string of the molecule is OCCNCC1CCOc2ccccc21. The molecule has 1 heterocycles. The van der Waals surface area contributed by atoms with Crippen molar-refractivity contribution in [1.82, 2.24) is 5.32 Å². The first-order valence-electron chi connectivity index (χ1n) is 5.45. The molecule has 1 aliphatic heterocycles. The minimum absolute atomic E-state index is 0.199. The predicted octanol–water partition coefficient (Wildman–Crippen LogP) is 1.13.